The van der Waals surface area contributed by atoms with Gasteiger partial charge in [-0.2, -0.15) is 13.2 Å². The van der Waals surface area contributed by atoms with E-state index in [0.717, 1.165) is 5.39 Å². The number of amides is 1. The lowest BCUT2D eigenvalue weighted by Crippen LogP contribution is -2.40. The summed E-state index contributed by atoms with van der Waals surface area (Å²) in [4.78, 5) is 42.2. The molecule has 1 aliphatic rings. The van der Waals surface area contributed by atoms with Gasteiger partial charge in [-0.15, -0.1) is 0 Å². The summed E-state index contributed by atoms with van der Waals surface area (Å²) in [5.74, 6) is -5.21. The van der Waals surface area contributed by atoms with E-state index >= 15 is 4.39 Å². The third kappa shape index (κ3) is 8.86. The van der Waals surface area contributed by atoms with Crippen molar-refractivity contribution in [2.75, 3.05) is 30.0 Å². The number of sulfone groups is 1. The number of carboxylic acid groups (broad SMARTS) is 1. The molecule has 0 aliphatic carbocycles. The van der Waals surface area contributed by atoms with Crippen LogP contribution in [0.5, 0.6) is 0 Å². The molecule has 1 fully saturated rings. The van der Waals surface area contributed by atoms with E-state index in [4.69, 9.17) is 32.0 Å². The van der Waals surface area contributed by atoms with E-state index in [1.54, 1.807) is 55.6 Å². The number of nitrogens with one attached hydrogen (secondary N) is 1. The van der Waals surface area contributed by atoms with Crippen LogP contribution in [0.15, 0.2) is 77.8 Å². The van der Waals surface area contributed by atoms with Crippen LogP contribution in [0.2, 0.25) is 5.02 Å². The van der Waals surface area contributed by atoms with E-state index in [1.807, 2.05) is 0 Å². The third-order valence-corrected chi connectivity index (χ3v) is 10.1. The first-order valence-corrected chi connectivity index (χ1v) is 17.5. The van der Waals surface area contributed by atoms with E-state index in [2.05, 4.69) is 10.3 Å². The van der Waals surface area contributed by atoms with Crippen LogP contribution in [0.25, 0.3) is 10.8 Å². The molecule has 5 rings (SSSR count). The van der Waals surface area contributed by atoms with Gasteiger partial charge >= 0.3 is 18.1 Å². The first-order valence-electron chi connectivity index (χ1n) is 15.4. The van der Waals surface area contributed by atoms with Crippen molar-refractivity contribution in [1.29, 1.82) is 0 Å². The maximum atomic E-state index is 15.4. The van der Waals surface area contributed by atoms with Crippen molar-refractivity contribution in [2.24, 2.45) is 5.92 Å². The lowest BCUT2D eigenvalue weighted by atomic mass is 9.93. The Hall–Kier alpha value is -4.96. The van der Waals surface area contributed by atoms with Crippen molar-refractivity contribution in [3.63, 3.8) is 0 Å². The number of nitrogens with zero attached hydrogens (tertiary/aromatic N) is 2. The monoisotopic (exact) mass is 752 g/mol. The summed E-state index contributed by atoms with van der Waals surface area (Å²) in [6.45, 7) is 3.43. The van der Waals surface area contributed by atoms with Gasteiger partial charge in [0.1, 0.15) is 17.7 Å². The summed E-state index contributed by atoms with van der Waals surface area (Å²) in [7, 11) is -3.73. The van der Waals surface area contributed by atoms with Crippen molar-refractivity contribution in [2.45, 2.75) is 43.4 Å². The fraction of sp³-hybridized carbons (Fsp3) is 0.294. The standard InChI is InChI=1S/C32H32ClFN4O5S.C2HF3O2/c1-3-43-32(40)24-14-16-38(29(24)23-7-5-6-8-27(23)44(41,42)4-2)31(39)28(25-18-20(33)9-12-26(25)34)37-21-10-11-22-19(17-21)13-15-36-30(22)35;3-2(4,5)1(6)7/h5-13,15,17-18,24,28-29,37H,3-4,14,16H2,1-2H3,(H2,35,36);(H,6,7)/t24-,28+,29-;/m0./s1. The van der Waals surface area contributed by atoms with Gasteiger partial charge in [-0.3, -0.25) is 9.59 Å². The number of carbonyl (C=O) groups is 3. The summed E-state index contributed by atoms with van der Waals surface area (Å²) in [6, 6.07) is 15.0. The highest BCUT2D eigenvalue weighted by Crippen LogP contribution is 2.43. The van der Waals surface area contributed by atoms with Crippen molar-refractivity contribution < 1.29 is 50.2 Å². The van der Waals surface area contributed by atoms with Crippen LogP contribution in [-0.4, -0.2) is 66.3 Å². The van der Waals surface area contributed by atoms with Crippen LogP contribution in [0, 0.1) is 11.7 Å². The largest absolute Gasteiger partial charge is 0.490 e. The van der Waals surface area contributed by atoms with Gasteiger partial charge in [0.25, 0.3) is 0 Å². The summed E-state index contributed by atoms with van der Waals surface area (Å²) in [5.41, 5.74) is 6.80. The Balaban J connectivity index is 0.000000755. The van der Waals surface area contributed by atoms with Crippen LogP contribution in [0.1, 0.15) is 43.5 Å². The first-order chi connectivity index (χ1) is 24.0. The predicted octanol–water partition coefficient (Wildman–Crippen LogP) is 6.34. The van der Waals surface area contributed by atoms with Gasteiger partial charge in [0, 0.05) is 34.4 Å². The summed E-state index contributed by atoms with van der Waals surface area (Å²) in [5, 5.41) is 12.0. The van der Waals surface area contributed by atoms with Crippen LogP contribution < -0.4 is 11.1 Å². The zero-order valence-corrected chi connectivity index (χ0v) is 28.7. The zero-order chi connectivity index (χ0) is 37.7. The number of alkyl halides is 3. The number of nitrogen functional groups attached to an aromatic ring is 1. The summed E-state index contributed by atoms with van der Waals surface area (Å²) < 4.78 is 78.8. The normalized spacial score (nSPS) is 16.6. The number of carboxylic acids is 1. The number of pyridine rings is 1. The number of ether oxygens (including phenoxy) is 1. The number of nitrogens with two attached hydrogens (primary N) is 1. The fourth-order valence-electron chi connectivity index (χ4n) is 5.72. The molecule has 4 aromatic rings. The second-order valence-electron chi connectivity index (χ2n) is 11.2. The molecule has 1 amide bonds. The van der Waals surface area contributed by atoms with Gasteiger partial charge < -0.3 is 25.8 Å². The SMILES string of the molecule is CCOC(=O)[C@H]1CCN(C(=O)[C@H](Nc2ccc3c(N)nccc3c2)c2cc(Cl)ccc2F)[C@H]1c1ccccc1S(=O)(=O)CC.O=C(O)C(F)(F)F. The minimum Gasteiger partial charge on any atom is -0.475 e. The van der Waals surface area contributed by atoms with Gasteiger partial charge in [-0.1, -0.05) is 36.7 Å². The van der Waals surface area contributed by atoms with Crippen LogP contribution in [0.3, 0.4) is 0 Å². The number of aliphatic carboxylic acids is 1. The molecule has 3 aromatic carbocycles. The maximum Gasteiger partial charge on any atom is 0.490 e. The van der Waals surface area contributed by atoms with Crippen molar-refractivity contribution in [1.82, 2.24) is 9.88 Å². The Morgan fingerprint density at radius 3 is 2.43 bits per heavy atom. The van der Waals surface area contributed by atoms with E-state index in [0.29, 0.717) is 22.5 Å². The number of halogens is 5. The molecule has 51 heavy (non-hydrogen) atoms. The van der Waals surface area contributed by atoms with E-state index in [1.165, 1.54) is 36.1 Å². The summed E-state index contributed by atoms with van der Waals surface area (Å²) in [6.07, 6.45) is -3.30. The zero-order valence-electron chi connectivity index (χ0n) is 27.2. The predicted molar refractivity (Wildman–Crippen MR) is 181 cm³/mol. The van der Waals surface area contributed by atoms with Crippen molar-refractivity contribution in [3.8, 4) is 0 Å². The number of rotatable bonds is 9. The van der Waals surface area contributed by atoms with E-state index in [9.17, 15) is 31.2 Å². The molecule has 2 heterocycles. The number of aromatic nitrogens is 1. The smallest absolute Gasteiger partial charge is 0.475 e. The molecule has 0 bridgehead atoms. The molecule has 0 radical (unpaired) electrons. The number of esters is 1. The minimum absolute atomic E-state index is 0.00959. The molecule has 1 saturated heterocycles. The first kappa shape index (κ1) is 38.8. The van der Waals surface area contributed by atoms with E-state index < -0.39 is 57.7 Å². The third-order valence-electron chi connectivity index (χ3n) is 8.09. The van der Waals surface area contributed by atoms with E-state index in [-0.39, 0.29) is 40.8 Å². The number of hydrogen-bond donors (Lipinski definition) is 3. The molecule has 0 unspecified atom stereocenters. The van der Waals surface area contributed by atoms with Crippen LogP contribution >= 0.6 is 11.6 Å². The molecular weight excluding hydrogens is 720 g/mol. The quantitative estimate of drug-likeness (QED) is 0.130. The average Bonchev–Trinajstić information content (AvgIpc) is 3.53. The van der Waals surface area contributed by atoms with Gasteiger partial charge in [-0.25, -0.2) is 22.6 Å². The highest BCUT2D eigenvalue weighted by atomic mass is 35.5. The Bertz CT molecular complexity index is 2050. The maximum absolute atomic E-state index is 15.4. The Labute approximate surface area is 295 Å². The number of carbonyl (C=O) groups excluding carboxylic acids is 2. The Morgan fingerprint density at radius 2 is 1.78 bits per heavy atom. The topological polar surface area (TPSA) is 169 Å². The molecule has 1 aliphatic heterocycles. The second-order valence-corrected chi connectivity index (χ2v) is 13.9. The van der Waals surface area contributed by atoms with Gasteiger partial charge in [0.05, 0.1) is 29.2 Å². The number of benzene rings is 3. The highest BCUT2D eigenvalue weighted by molar-refractivity contribution is 7.91. The molecule has 3 atom stereocenters. The molecule has 272 valence electrons. The number of hydrogen-bond acceptors (Lipinski definition) is 9. The number of likely N-dealkylation sites (tertiary alicyclic amines) is 1. The molecule has 11 nitrogen and oxygen atoms in total. The molecule has 0 saturated carbocycles. The number of fused-ring (bicyclic) bond motifs is 1. The second kappa shape index (κ2) is 15.9. The lowest BCUT2D eigenvalue weighted by Gasteiger charge is -2.33. The van der Waals surface area contributed by atoms with Gasteiger partial charge in [-0.05, 0) is 72.8 Å². The fourth-order valence-corrected chi connectivity index (χ4v) is 7.04. The van der Waals surface area contributed by atoms with Gasteiger partial charge in [0.2, 0.25) is 5.91 Å². The molecule has 4 N–H and O–H groups in total. The Morgan fingerprint density at radius 1 is 1.10 bits per heavy atom. The van der Waals surface area contributed by atoms with Crippen molar-refractivity contribution >= 4 is 61.6 Å². The average molecular weight is 753 g/mol. The molecule has 0 spiro atoms. The lowest BCUT2D eigenvalue weighted by molar-refractivity contribution is -0.192. The van der Waals surface area contributed by atoms with Crippen LogP contribution in [-0.2, 0) is 29.0 Å². The summed E-state index contributed by atoms with van der Waals surface area (Å²) >= 11 is 6.27. The van der Waals surface area contributed by atoms with Crippen molar-refractivity contribution in [3.05, 3.63) is 94.9 Å². The Kier molecular flexibility index (Phi) is 12.1. The minimum atomic E-state index is -5.08. The van der Waals surface area contributed by atoms with Gasteiger partial charge in [0.15, 0.2) is 9.84 Å². The molecule has 1 aromatic heterocycles. The molecule has 17 heteroatoms. The van der Waals surface area contributed by atoms with Crippen LogP contribution in [0.4, 0.5) is 29.1 Å². The number of anilines is 2. The highest BCUT2D eigenvalue weighted by Gasteiger charge is 2.46. The molecular formula is C34H33ClF4N4O7S.